The lowest BCUT2D eigenvalue weighted by molar-refractivity contribution is 0.0488. The van der Waals surface area contributed by atoms with Gasteiger partial charge in [0.1, 0.15) is 11.4 Å². The number of aryl methyl sites for hydroxylation is 1. The summed E-state index contributed by atoms with van der Waals surface area (Å²) in [6, 6.07) is 16.3. The van der Waals surface area contributed by atoms with E-state index in [1.807, 2.05) is 36.4 Å². The Kier molecular flexibility index (Phi) is 6.24. The summed E-state index contributed by atoms with van der Waals surface area (Å²) >= 11 is 0. The summed E-state index contributed by atoms with van der Waals surface area (Å²) in [6.07, 6.45) is 1.58. The van der Waals surface area contributed by atoms with Gasteiger partial charge in [0.2, 0.25) is 5.89 Å². The van der Waals surface area contributed by atoms with Crippen LogP contribution in [0, 0.1) is 0 Å². The van der Waals surface area contributed by atoms with Crippen LogP contribution in [0.5, 0.6) is 0 Å². The van der Waals surface area contributed by atoms with Crippen LogP contribution in [0.25, 0.3) is 22.4 Å². The largest absolute Gasteiger partial charge is 0.417 e. The molecule has 5 aromatic rings. The molecule has 190 valence electrons. The minimum Gasteiger partial charge on any atom is -0.417 e. The molecule has 0 amide bonds. The number of aromatic amines is 1. The first kappa shape index (κ1) is 24.2. The predicted molar refractivity (Wildman–Crippen MR) is 139 cm³/mol. The number of aliphatic hydroxyl groups is 2. The summed E-state index contributed by atoms with van der Waals surface area (Å²) < 4.78 is 7.41. The van der Waals surface area contributed by atoms with Crippen LogP contribution >= 0.6 is 0 Å². The fraction of sp³-hybridized carbons (Fsp3) is 0.231. The van der Waals surface area contributed by atoms with Crippen LogP contribution in [0.15, 0.2) is 70.0 Å². The average molecular weight is 502 g/mol. The maximum Gasteiger partial charge on any atom is 0.271 e. The van der Waals surface area contributed by atoms with Gasteiger partial charge in [-0.25, -0.2) is 4.98 Å². The van der Waals surface area contributed by atoms with Crippen molar-refractivity contribution in [3.05, 3.63) is 82.6 Å². The molecule has 5 N–H and O–H groups in total. The number of rotatable bonds is 8. The third-order valence-corrected chi connectivity index (χ3v) is 5.94. The smallest absolute Gasteiger partial charge is 0.271 e. The number of aliphatic hydroxyl groups excluding tert-OH is 1. The highest BCUT2D eigenvalue weighted by Gasteiger charge is 2.25. The third-order valence-electron chi connectivity index (χ3n) is 5.94. The molecular formula is C26H27N7O4. The number of nitrogens with zero attached hydrogens (tertiary/aromatic N) is 4. The normalized spacial score (nSPS) is 12.6. The number of benzene rings is 2. The highest BCUT2D eigenvalue weighted by atomic mass is 16.4. The van der Waals surface area contributed by atoms with Crippen LogP contribution in [0.2, 0.25) is 0 Å². The first-order valence-corrected chi connectivity index (χ1v) is 11.7. The Morgan fingerprint density at radius 1 is 1.14 bits per heavy atom. The quantitative estimate of drug-likeness (QED) is 0.215. The van der Waals surface area contributed by atoms with Gasteiger partial charge in [0.15, 0.2) is 0 Å². The van der Waals surface area contributed by atoms with Crippen LogP contribution in [0.4, 0.5) is 17.2 Å². The van der Waals surface area contributed by atoms with Crippen LogP contribution < -0.4 is 16.2 Å². The van der Waals surface area contributed by atoms with Gasteiger partial charge in [-0.2, -0.15) is 0 Å². The molecule has 0 aliphatic heterocycles. The minimum absolute atomic E-state index is 0.0721. The van der Waals surface area contributed by atoms with Crippen LogP contribution in [0.3, 0.4) is 0 Å². The average Bonchev–Trinajstić information content (AvgIpc) is 3.48. The molecule has 0 unspecified atom stereocenters. The maximum atomic E-state index is 12.0. The van der Waals surface area contributed by atoms with Gasteiger partial charge in [0, 0.05) is 25.0 Å². The summed E-state index contributed by atoms with van der Waals surface area (Å²) in [7, 11) is 1.77. The molecule has 37 heavy (non-hydrogen) atoms. The van der Waals surface area contributed by atoms with E-state index in [9.17, 15) is 15.0 Å². The maximum absolute atomic E-state index is 12.0. The Morgan fingerprint density at radius 2 is 1.92 bits per heavy atom. The molecule has 11 nitrogen and oxygen atoms in total. The number of H-pyrrole nitrogens is 1. The SMILES string of the molecule is Cn1[nH]c(=O)c2ccc(Nc3cc(N[C@H](CO)c4ccccc4)c(-c4nnc(C(C)(C)O)o4)cn3)cc21. The fourth-order valence-electron chi connectivity index (χ4n) is 4.00. The zero-order valence-corrected chi connectivity index (χ0v) is 20.6. The van der Waals surface area contributed by atoms with E-state index in [1.54, 1.807) is 50.0 Å². The zero-order chi connectivity index (χ0) is 26.2. The Bertz CT molecular complexity index is 1600. The summed E-state index contributed by atoms with van der Waals surface area (Å²) in [4.78, 5) is 16.5. The van der Waals surface area contributed by atoms with Crippen molar-refractivity contribution in [2.45, 2.75) is 25.5 Å². The minimum atomic E-state index is -1.30. The highest BCUT2D eigenvalue weighted by Crippen LogP contribution is 2.33. The molecule has 3 aromatic heterocycles. The van der Waals surface area contributed by atoms with Gasteiger partial charge in [-0.1, -0.05) is 30.3 Å². The molecule has 0 bridgehead atoms. The zero-order valence-electron chi connectivity index (χ0n) is 20.6. The van der Waals surface area contributed by atoms with Crippen molar-refractivity contribution in [1.82, 2.24) is 25.0 Å². The van der Waals surface area contributed by atoms with Gasteiger partial charge in [0.25, 0.3) is 11.4 Å². The highest BCUT2D eigenvalue weighted by molar-refractivity contribution is 5.83. The first-order valence-electron chi connectivity index (χ1n) is 11.7. The summed E-state index contributed by atoms with van der Waals surface area (Å²) in [6.45, 7) is 2.96. The van der Waals surface area contributed by atoms with E-state index in [2.05, 4.69) is 30.9 Å². The van der Waals surface area contributed by atoms with E-state index in [4.69, 9.17) is 4.42 Å². The number of nitrogens with one attached hydrogen (secondary N) is 3. The summed E-state index contributed by atoms with van der Waals surface area (Å²) in [5.74, 6) is 0.758. The van der Waals surface area contributed by atoms with Gasteiger partial charge in [-0.05, 0) is 37.6 Å². The van der Waals surface area contributed by atoms with E-state index in [1.165, 1.54) is 0 Å². The second-order valence-corrected chi connectivity index (χ2v) is 9.23. The fourth-order valence-corrected chi connectivity index (χ4v) is 4.00. The molecule has 0 radical (unpaired) electrons. The summed E-state index contributed by atoms with van der Waals surface area (Å²) in [5, 5.41) is 38.4. The number of aromatic nitrogens is 5. The van der Waals surface area contributed by atoms with Gasteiger partial charge in [0.05, 0.1) is 34.8 Å². The third kappa shape index (κ3) is 4.95. The Morgan fingerprint density at radius 3 is 2.62 bits per heavy atom. The molecule has 0 aliphatic rings. The molecular weight excluding hydrogens is 474 g/mol. The topological polar surface area (TPSA) is 154 Å². The molecule has 3 heterocycles. The van der Waals surface area contributed by atoms with Crippen molar-refractivity contribution >= 4 is 28.1 Å². The second kappa shape index (κ2) is 9.52. The van der Waals surface area contributed by atoms with Crippen molar-refractivity contribution in [3.63, 3.8) is 0 Å². The first-order chi connectivity index (χ1) is 17.7. The Hall–Kier alpha value is -4.48. The molecule has 0 fully saturated rings. The standard InChI is InChI=1S/C26H27N7O4/c1-26(2,36)25-31-30-24(37-25)18-13-27-22(12-19(18)29-20(14-34)15-7-5-4-6-8-15)28-16-9-10-17-21(11-16)33(3)32-23(17)35/h4-13,20,34,36H,14H2,1-3H3,(H,32,35)(H2,27,28,29)/t20-/m1/s1. The van der Waals surface area contributed by atoms with E-state index >= 15 is 0 Å². The number of hydrogen-bond donors (Lipinski definition) is 5. The van der Waals surface area contributed by atoms with Crippen LogP contribution in [0.1, 0.15) is 31.3 Å². The predicted octanol–water partition coefficient (Wildman–Crippen LogP) is 3.43. The van der Waals surface area contributed by atoms with Crippen LogP contribution in [-0.2, 0) is 12.6 Å². The van der Waals surface area contributed by atoms with E-state index in [0.29, 0.717) is 22.5 Å². The van der Waals surface area contributed by atoms with Crippen molar-refractivity contribution in [2.75, 3.05) is 17.2 Å². The van der Waals surface area contributed by atoms with Gasteiger partial charge >= 0.3 is 0 Å². The lowest BCUT2D eigenvalue weighted by atomic mass is 10.1. The van der Waals surface area contributed by atoms with Crippen molar-refractivity contribution in [3.8, 4) is 11.5 Å². The monoisotopic (exact) mass is 501 g/mol. The molecule has 0 saturated carbocycles. The van der Waals surface area contributed by atoms with E-state index in [0.717, 1.165) is 16.8 Å². The lowest BCUT2D eigenvalue weighted by Gasteiger charge is -2.20. The summed E-state index contributed by atoms with van der Waals surface area (Å²) in [5.41, 5.74) is 2.01. The van der Waals surface area contributed by atoms with Crippen molar-refractivity contribution in [1.29, 1.82) is 0 Å². The number of fused-ring (bicyclic) bond motifs is 1. The molecule has 0 spiro atoms. The van der Waals surface area contributed by atoms with E-state index < -0.39 is 11.6 Å². The second-order valence-electron chi connectivity index (χ2n) is 9.23. The molecule has 0 aliphatic carbocycles. The molecule has 11 heteroatoms. The molecule has 1 atom stereocenters. The lowest BCUT2D eigenvalue weighted by Crippen LogP contribution is -2.16. The molecule has 2 aromatic carbocycles. The van der Waals surface area contributed by atoms with Crippen LogP contribution in [-0.4, -0.2) is 41.8 Å². The molecule has 0 saturated heterocycles. The van der Waals surface area contributed by atoms with Crippen molar-refractivity contribution < 1.29 is 14.6 Å². The Labute approximate surface area is 211 Å². The van der Waals surface area contributed by atoms with Gasteiger partial charge in [-0.15, -0.1) is 10.2 Å². The van der Waals surface area contributed by atoms with E-state index in [-0.39, 0.29) is 23.9 Å². The van der Waals surface area contributed by atoms with Crippen molar-refractivity contribution in [2.24, 2.45) is 7.05 Å². The van der Waals surface area contributed by atoms with Gasteiger partial charge < -0.3 is 25.3 Å². The molecule has 5 rings (SSSR count). The Balaban J connectivity index is 1.53. The number of pyridine rings is 1. The number of anilines is 3. The number of hydrogen-bond acceptors (Lipinski definition) is 9. The van der Waals surface area contributed by atoms with Gasteiger partial charge in [-0.3, -0.25) is 14.6 Å².